The topological polar surface area (TPSA) is 67.4 Å². The van der Waals surface area contributed by atoms with Gasteiger partial charge in [0.2, 0.25) is 0 Å². The minimum atomic E-state index is -4.58. The molecular weight excluding hydrogens is 337 g/mol. The number of carbonyl (C=O) groups excluding carboxylic acids is 2. The highest BCUT2D eigenvalue weighted by Crippen LogP contribution is 2.14. The van der Waals surface area contributed by atoms with Crippen molar-refractivity contribution in [2.24, 2.45) is 5.92 Å². The molecule has 0 spiro atoms. The number of ether oxygens (including phenoxy) is 1. The number of hydrogen-bond acceptors (Lipinski definition) is 3. The summed E-state index contributed by atoms with van der Waals surface area (Å²) >= 11 is 0. The average Bonchev–Trinajstić information content (AvgIpc) is 2.49. The van der Waals surface area contributed by atoms with E-state index in [1.54, 1.807) is 25.1 Å². The molecule has 0 unspecified atom stereocenters. The summed E-state index contributed by atoms with van der Waals surface area (Å²) in [6.07, 6.45) is -5.26. The Hall–Kier alpha value is -2.25. The Morgan fingerprint density at radius 1 is 1.20 bits per heavy atom. The molecule has 140 valence electrons. The van der Waals surface area contributed by atoms with Gasteiger partial charge in [-0.15, -0.1) is 0 Å². The number of halogens is 3. The van der Waals surface area contributed by atoms with E-state index < -0.39 is 24.9 Å². The normalized spacial score (nSPS) is 12.6. The van der Waals surface area contributed by atoms with Gasteiger partial charge >= 0.3 is 12.3 Å². The maximum atomic E-state index is 12.2. The first-order chi connectivity index (χ1) is 11.6. The van der Waals surface area contributed by atoms with Crippen LogP contribution in [0.15, 0.2) is 24.3 Å². The lowest BCUT2D eigenvalue weighted by Crippen LogP contribution is -2.45. The van der Waals surface area contributed by atoms with Crippen molar-refractivity contribution in [3.63, 3.8) is 0 Å². The zero-order valence-corrected chi connectivity index (χ0v) is 14.4. The molecule has 25 heavy (non-hydrogen) atoms. The van der Waals surface area contributed by atoms with Gasteiger partial charge in [-0.1, -0.05) is 32.0 Å². The summed E-state index contributed by atoms with van der Waals surface area (Å²) in [7, 11) is 0. The summed E-state index contributed by atoms with van der Waals surface area (Å²) in [4.78, 5) is 23.7. The molecule has 0 aliphatic carbocycles. The molecule has 0 saturated carbocycles. The molecular formula is C17H23F3N2O3. The molecule has 1 rings (SSSR count). The van der Waals surface area contributed by atoms with Crippen molar-refractivity contribution < 1.29 is 27.5 Å². The Bertz CT molecular complexity index is 589. The van der Waals surface area contributed by atoms with Crippen LogP contribution in [0.4, 0.5) is 18.0 Å². The summed E-state index contributed by atoms with van der Waals surface area (Å²) in [6.45, 7) is 4.04. The first-order valence-corrected chi connectivity index (χ1v) is 7.92. The third kappa shape index (κ3) is 8.42. The molecule has 1 aromatic rings. The van der Waals surface area contributed by atoms with E-state index in [0.29, 0.717) is 12.0 Å². The van der Waals surface area contributed by atoms with Crippen molar-refractivity contribution >= 4 is 12.0 Å². The van der Waals surface area contributed by atoms with Crippen molar-refractivity contribution in [3.05, 3.63) is 35.4 Å². The number of alkyl carbamates (subject to hydrolysis) is 1. The highest BCUT2D eigenvalue weighted by molar-refractivity contribution is 5.95. The van der Waals surface area contributed by atoms with Crippen molar-refractivity contribution in [3.8, 4) is 0 Å². The molecule has 2 N–H and O–H groups in total. The maximum absolute atomic E-state index is 12.2. The molecule has 0 aliphatic heterocycles. The fraction of sp³-hybridized carbons (Fsp3) is 0.529. The zero-order chi connectivity index (χ0) is 19.0. The summed E-state index contributed by atoms with van der Waals surface area (Å²) in [5.74, 6) is -0.138. The van der Waals surface area contributed by atoms with E-state index in [1.807, 2.05) is 19.9 Å². The summed E-state index contributed by atoms with van der Waals surface area (Å²) in [5.41, 5.74) is 1.31. The van der Waals surface area contributed by atoms with Crippen LogP contribution in [0.1, 0.15) is 36.2 Å². The van der Waals surface area contributed by atoms with E-state index in [4.69, 9.17) is 0 Å². The van der Waals surface area contributed by atoms with Crippen molar-refractivity contribution in [2.45, 2.75) is 39.4 Å². The predicted molar refractivity (Wildman–Crippen MR) is 87.3 cm³/mol. The van der Waals surface area contributed by atoms with Crippen LogP contribution in [0.5, 0.6) is 0 Å². The third-order valence-corrected chi connectivity index (χ3v) is 3.34. The van der Waals surface area contributed by atoms with E-state index in [0.717, 1.165) is 5.56 Å². The van der Waals surface area contributed by atoms with Crippen LogP contribution in [-0.2, 0) is 4.74 Å². The Kier molecular flexibility index (Phi) is 7.73. The van der Waals surface area contributed by atoms with E-state index in [9.17, 15) is 22.8 Å². The highest BCUT2D eigenvalue weighted by Gasteiger charge is 2.30. The Balaban J connectivity index is 2.59. The van der Waals surface area contributed by atoms with Crippen LogP contribution in [0.3, 0.4) is 0 Å². The molecule has 2 amide bonds. The molecule has 0 aromatic heterocycles. The van der Waals surface area contributed by atoms with Gasteiger partial charge in [-0.25, -0.2) is 4.79 Å². The van der Waals surface area contributed by atoms with Crippen LogP contribution in [0, 0.1) is 12.8 Å². The van der Waals surface area contributed by atoms with Crippen LogP contribution in [0.25, 0.3) is 0 Å². The van der Waals surface area contributed by atoms with Gasteiger partial charge in [0.05, 0.1) is 0 Å². The maximum Gasteiger partial charge on any atom is 0.422 e. The number of amides is 2. The van der Waals surface area contributed by atoms with Gasteiger partial charge in [-0.05, 0) is 30.9 Å². The number of alkyl halides is 3. The molecule has 0 bridgehead atoms. The Morgan fingerprint density at radius 3 is 2.40 bits per heavy atom. The average molecular weight is 360 g/mol. The van der Waals surface area contributed by atoms with E-state index >= 15 is 0 Å². The Morgan fingerprint density at radius 2 is 1.84 bits per heavy atom. The first-order valence-electron chi connectivity index (χ1n) is 7.92. The fourth-order valence-corrected chi connectivity index (χ4v) is 2.26. The smallest absolute Gasteiger partial charge is 0.422 e. The molecule has 0 aliphatic rings. The van der Waals surface area contributed by atoms with Crippen LogP contribution in [0.2, 0.25) is 0 Å². The quantitative estimate of drug-likeness (QED) is 0.783. The molecule has 0 fully saturated rings. The third-order valence-electron chi connectivity index (χ3n) is 3.34. The second-order valence-electron chi connectivity index (χ2n) is 6.19. The largest absolute Gasteiger partial charge is 0.440 e. The summed E-state index contributed by atoms with van der Waals surface area (Å²) in [5, 5.41) is 5.06. The minimum Gasteiger partial charge on any atom is -0.440 e. The van der Waals surface area contributed by atoms with Gasteiger partial charge in [0.25, 0.3) is 5.91 Å². The van der Waals surface area contributed by atoms with E-state index in [-0.39, 0.29) is 18.4 Å². The van der Waals surface area contributed by atoms with Gasteiger partial charge in [0.15, 0.2) is 6.61 Å². The predicted octanol–water partition coefficient (Wildman–Crippen LogP) is 3.43. The van der Waals surface area contributed by atoms with Gasteiger partial charge in [0, 0.05) is 18.2 Å². The van der Waals surface area contributed by atoms with Gasteiger partial charge in [0.1, 0.15) is 0 Å². The molecule has 1 atom stereocenters. The minimum absolute atomic E-state index is 0.0897. The molecule has 1 aromatic carbocycles. The lowest BCUT2D eigenvalue weighted by Gasteiger charge is -2.21. The number of benzene rings is 1. The summed E-state index contributed by atoms with van der Waals surface area (Å²) < 4.78 is 40.4. The van der Waals surface area contributed by atoms with Crippen LogP contribution < -0.4 is 10.6 Å². The molecule has 0 saturated heterocycles. The molecule has 0 radical (unpaired) electrons. The highest BCUT2D eigenvalue weighted by atomic mass is 19.4. The number of rotatable bonds is 7. The number of nitrogens with one attached hydrogen (secondary N) is 2. The van der Waals surface area contributed by atoms with Gasteiger partial charge in [-0.3, -0.25) is 4.79 Å². The van der Waals surface area contributed by atoms with E-state index in [2.05, 4.69) is 15.4 Å². The lowest BCUT2D eigenvalue weighted by atomic mass is 10.0. The number of hydrogen-bond donors (Lipinski definition) is 2. The number of aryl methyl sites for hydroxylation is 1. The lowest BCUT2D eigenvalue weighted by molar-refractivity contribution is -0.160. The number of carbonyl (C=O) groups is 2. The van der Waals surface area contributed by atoms with Crippen molar-refractivity contribution in [1.29, 1.82) is 0 Å². The second kappa shape index (κ2) is 9.29. The molecule has 8 heteroatoms. The SMILES string of the molecule is Cc1ccccc1C(=O)NC[C@H](CC(C)C)NC(=O)OCC(F)(F)F. The summed E-state index contributed by atoms with van der Waals surface area (Å²) in [6, 6.07) is 6.49. The first kappa shape index (κ1) is 20.8. The van der Waals surface area contributed by atoms with Crippen molar-refractivity contribution in [1.82, 2.24) is 10.6 Å². The van der Waals surface area contributed by atoms with Crippen molar-refractivity contribution in [2.75, 3.05) is 13.2 Å². The second-order valence-corrected chi connectivity index (χ2v) is 6.19. The van der Waals surface area contributed by atoms with Crippen LogP contribution in [-0.4, -0.2) is 37.4 Å². The molecule has 0 heterocycles. The standard InChI is InChI=1S/C17H23F3N2O3/c1-11(2)8-13(22-16(24)25-10-17(18,19)20)9-21-15(23)14-7-5-4-6-12(14)3/h4-7,11,13H,8-10H2,1-3H3,(H,21,23)(H,22,24)/t13-/m0/s1. The van der Waals surface area contributed by atoms with Gasteiger partial charge in [-0.2, -0.15) is 13.2 Å². The Labute approximate surface area is 144 Å². The zero-order valence-electron chi connectivity index (χ0n) is 14.4. The van der Waals surface area contributed by atoms with Crippen LogP contribution >= 0.6 is 0 Å². The molecule has 5 nitrogen and oxygen atoms in total. The van der Waals surface area contributed by atoms with E-state index in [1.165, 1.54) is 0 Å². The van der Waals surface area contributed by atoms with Gasteiger partial charge < -0.3 is 15.4 Å². The monoisotopic (exact) mass is 360 g/mol. The fourth-order valence-electron chi connectivity index (χ4n) is 2.26.